The minimum atomic E-state index is -0.202. The van der Waals surface area contributed by atoms with E-state index in [1.165, 1.54) is 0 Å². The number of fused-ring (bicyclic) bond motifs is 1. The Hall–Kier alpha value is -3.12. The molecule has 0 aliphatic rings. The van der Waals surface area contributed by atoms with Gasteiger partial charge in [0.2, 0.25) is 11.7 Å². The topological polar surface area (TPSA) is 83.7 Å². The lowest BCUT2D eigenvalue weighted by Crippen LogP contribution is -2.15. The number of hydrogen-bond donors (Lipinski definition) is 1. The van der Waals surface area contributed by atoms with Gasteiger partial charge in [-0.3, -0.25) is 4.79 Å². The standard InChI is InChI=1S/C22H24N2O4/c1-13(2)28-22-16-11-19(27-4)18(26-3)10-15(16)17(12-23)20(24-22)21(25)14-8-6-5-7-9-14/h5-11,13H,12,23H2,1-4H3. The summed E-state index contributed by atoms with van der Waals surface area (Å²) >= 11 is 0. The van der Waals surface area contributed by atoms with E-state index in [0.29, 0.717) is 28.5 Å². The van der Waals surface area contributed by atoms with Gasteiger partial charge in [0, 0.05) is 23.1 Å². The number of methoxy groups -OCH3 is 2. The summed E-state index contributed by atoms with van der Waals surface area (Å²) in [4.78, 5) is 17.7. The summed E-state index contributed by atoms with van der Waals surface area (Å²) in [6, 6.07) is 12.6. The van der Waals surface area contributed by atoms with Crippen LogP contribution >= 0.6 is 0 Å². The first kappa shape index (κ1) is 19.6. The van der Waals surface area contributed by atoms with Crippen LogP contribution in [-0.4, -0.2) is 31.1 Å². The normalized spacial score (nSPS) is 10.9. The van der Waals surface area contributed by atoms with Gasteiger partial charge in [0.1, 0.15) is 5.69 Å². The van der Waals surface area contributed by atoms with E-state index in [2.05, 4.69) is 4.98 Å². The number of benzene rings is 2. The quantitative estimate of drug-likeness (QED) is 0.629. The van der Waals surface area contributed by atoms with Crippen LogP contribution in [0.15, 0.2) is 42.5 Å². The molecule has 0 unspecified atom stereocenters. The molecule has 2 aromatic carbocycles. The Kier molecular flexibility index (Phi) is 5.80. The average Bonchev–Trinajstić information content (AvgIpc) is 2.72. The van der Waals surface area contributed by atoms with Crippen LogP contribution in [0, 0.1) is 0 Å². The highest BCUT2D eigenvalue weighted by atomic mass is 16.5. The molecule has 146 valence electrons. The number of hydrogen-bond acceptors (Lipinski definition) is 6. The number of ether oxygens (including phenoxy) is 3. The van der Waals surface area contributed by atoms with Crippen LogP contribution < -0.4 is 19.9 Å². The molecule has 0 aliphatic carbocycles. The van der Waals surface area contributed by atoms with Crippen LogP contribution in [0.4, 0.5) is 0 Å². The van der Waals surface area contributed by atoms with Crippen molar-refractivity contribution >= 4 is 16.6 Å². The fourth-order valence-corrected chi connectivity index (χ4v) is 3.10. The lowest BCUT2D eigenvalue weighted by Gasteiger charge is -2.18. The third-order valence-corrected chi connectivity index (χ3v) is 4.38. The van der Waals surface area contributed by atoms with Crippen molar-refractivity contribution in [3.05, 3.63) is 59.3 Å². The van der Waals surface area contributed by atoms with Gasteiger partial charge in [0.15, 0.2) is 11.5 Å². The maximum atomic E-state index is 13.2. The van der Waals surface area contributed by atoms with Crippen molar-refractivity contribution in [3.63, 3.8) is 0 Å². The van der Waals surface area contributed by atoms with Gasteiger partial charge in [-0.15, -0.1) is 0 Å². The van der Waals surface area contributed by atoms with Gasteiger partial charge < -0.3 is 19.9 Å². The van der Waals surface area contributed by atoms with Gasteiger partial charge in [0.25, 0.3) is 0 Å². The summed E-state index contributed by atoms with van der Waals surface area (Å²) in [5.74, 6) is 1.26. The molecule has 6 nitrogen and oxygen atoms in total. The number of ketones is 1. The number of carbonyl (C=O) groups is 1. The zero-order valence-electron chi connectivity index (χ0n) is 16.5. The maximum absolute atomic E-state index is 13.2. The van der Waals surface area contributed by atoms with Gasteiger partial charge in [-0.25, -0.2) is 4.98 Å². The maximum Gasteiger partial charge on any atom is 0.222 e. The highest BCUT2D eigenvalue weighted by molar-refractivity contribution is 6.11. The van der Waals surface area contributed by atoms with Gasteiger partial charge >= 0.3 is 0 Å². The highest BCUT2D eigenvalue weighted by Crippen LogP contribution is 2.38. The second kappa shape index (κ2) is 8.27. The summed E-state index contributed by atoms with van der Waals surface area (Å²) in [5, 5.41) is 1.47. The smallest absolute Gasteiger partial charge is 0.222 e. The molecule has 6 heteroatoms. The minimum Gasteiger partial charge on any atom is -0.493 e. The zero-order chi connectivity index (χ0) is 20.3. The number of rotatable bonds is 7. The molecule has 0 amide bonds. The molecule has 0 aliphatic heterocycles. The van der Waals surface area contributed by atoms with E-state index in [0.717, 1.165) is 10.8 Å². The first-order valence-electron chi connectivity index (χ1n) is 9.05. The van der Waals surface area contributed by atoms with Gasteiger partial charge in [-0.2, -0.15) is 0 Å². The largest absolute Gasteiger partial charge is 0.493 e. The van der Waals surface area contributed by atoms with Crippen LogP contribution in [0.1, 0.15) is 35.5 Å². The summed E-state index contributed by atoms with van der Waals surface area (Å²) in [5.41, 5.74) is 7.50. The molecule has 0 fully saturated rings. The summed E-state index contributed by atoms with van der Waals surface area (Å²) in [6.07, 6.45) is -0.118. The monoisotopic (exact) mass is 380 g/mol. The molecule has 28 heavy (non-hydrogen) atoms. The van der Waals surface area contributed by atoms with Crippen molar-refractivity contribution < 1.29 is 19.0 Å². The van der Waals surface area contributed by atoms with Crippen LogP contribution in [0.3, 0.4) is 0 Å². The van der Waals surface area contributed by atoms with E-state index >= 15 is 0 Å². The Bertz CT molecular complexity index is 1000. The molecule has 0 radical (unpaired) electrons. The molecule has 1 heterocycles. The van der Waals surface area contributed by atoms with Crippen LogP contribution in [-0.2, 0) is 6.54 Å². The lowest BCUT2D eigenvalue weighted by molar-refractivity contribution is 0.103. The van der Waals surface area contributed by atoms with Crippen LogP contribution in [0.2, 0.25) is 0 Å². The van der Waals surface area contributed by atoms with Crippen LogP contribution in [0.5, 0.6) is 17.4 Å². The fraction of sp³-hybridized carbons (Fsp3) is 0.273. The Morgan fingerprint density at radius 1 is 1.04 bits per heavy atom. The molecule has 0 saturated heterocycles. The number of pyridine rings is 1. The van der Waals surface area contributed by atoms with E-state index in [9.17, 15) is 4.79 Å². The first-order chi connectivity index (χ1) is 13.5. The SMILES string of the molecule is COc1cc2c(OC(C)C)nc(C(=O)c3ccccc3)c(CN)c2cc1OC. The molecule has 3 aromatic rings. The molecule has 2 N–H and O–H groups in total. The van der Waals surface area contributed by atoms with E-state index in [4.69, 9.17) is 19.9 Å². The average molecular weight is 380 g/mol. The van der Waals surface area contributed by atoms with E-state index in [1.54, 1.807) is 32.4 Å². The molecular weight excluding hydrogens is 356 g/mol. The number of nitrogens with zero attached hydrogens (tertiary/aromatic N) is 1. The summed E-state index contributed by atoms with van der Waals surface area (Å²) in [7, 11) is 3.13. The molecule has 3 rings (SSSR count). The van der Waals surface area contributed by atoms with Gasteiger partial charge in [-0.1, -0.05) is 30.3 Å². The van der Waals surface area contributed by atoms with Gasteiger partial charge in [-0.05, 0) is 31.4 Å². The molecule has 0 saturated carbocycles. The van der Waals surface area contributed by atoms with Crippen molar-refractivity contribution in [1.29, 1.82) is 0 Å². The Morgan fingerprint density at radius 2 is 1.64 bits per heavy atom. The predicted molar refractivity (Wildman–Crippen MR) is 108 cm³/mol. The molecule has 0 bridgehead atoms. The van der Waals surface area contributed by atoms with E-state index in [1.807, 2.05) is 38.1 Å². The Morgan fingerprint density at radius 3 is 2.18 bits per heavy atom. The van der Waals surface area contributed by atoms with Gasteiger partial charge in [0.05, 0.1) is 20.3 Å². The number of nitrogens with two attached hydrogens (primary N) is 1. The number of carbonyl (C=O) groups excluding carboxylic acids is 1. The van der Waals surface area contributed by atoms with E-state index in [-0.39, 0.29) is 24.1 Å². The second-order valence-electron chi connectivity index (χ2n) is 6.56. The fourth-order valence-electron chi connectivity index (χ4n) is 3.10. The van der Waals surface area contributed by atoms with Crippen molar-refractivity contribution in [2.24, 2.45) is 5.73 Å². The minimum absolute atomic E-state index is 0.118. The molecular formula is C22H24N2O4. The highest BCUT2D eigenvalue weighted by Gasteiger charge is 2.23. The molecule has 0 atom stereocenters. The van der Waals surface area contributed by atoms with Crippen LogP contribution in [0.25, 0.3) is 10.8 Å². The Labute approximate surface area is 164 Å². The van der Waals surface area contributed by atoms with Crippen molar-refractivity contribution in [3.8, 4) is 17.4 Å². The number of aromatic nitrogens is 1. The summed E-state index contributed by atoms with van der Waals surface area (Å²) in [6.45, 7) is 3.96. The third kappa shape index (κ3) is 3.64. The summed E-state index contributed by atoms with van der Waals surface area (Å²) < 4.78 is 16.8. The Balaban J connectivity index is 2.33. The first-order valence-corrected chi connectivity index (χ1v) is 9.05. The lowest BCUT2D eigenvalue weighted by atomic mass is 9.98. The molecule has 0 spiro atoms. The molecule has 1 aromatic heterocycles. The third-order valence-electron chi connectivity index (χ3n) is 4.38. The van der Waals surface area contributed by atoms with Crippen molar-refractivity contribution in [2.45, 2.75) is 26.5 Å². The zero-order valence-corrected chi connectivity index (χ0v) is 16.5. The van der Waals surface area contributed by atoms with Crippen molar-refractivity contribution in [1.82, 2.24) is 4.98 Å². The predicted octanol–water partition coefficient (Wildman–Crippen LogP) is 3.73. The van der Waals surface area contributed by atoms with Crippen molar-refractivity contribution in [2.75, 3.05) is 14.2 Å². The van der Waals surface area contributed by atoms with E-state index < -0.39 is 0 Å². The second-order valence-corrected chi connectivity index (χ2v) is 6.56.